The zero-order chi connectivity index (χ0) is 10.3. The summed E-state index contributed by atoms with van der Waals surface area (Å²) in [7, 11) is 0. The Bertz CT molecular complexity index is 619. The maximum atomic E-state index is 11.1. The van der Waals surface area contributed by atoms with Crippen molar-refractivity contribution in [3.8, 4) is 0 Å². The number of rotatable bonds is 1. The van der Waals surface area contributed by atoms with Crippen LogP contribution in [0, 0.1) is 10.1 Å². The van der Waals surface area contributed by atoms with Crippen molar-refractivity contribution >= 4 is 11.2 Å². The molecule has 0 fully saturated rings. The van der Waals surface area contributed by atoms with Gasteiger partial charge in [-0.1, -0.05) is 0 Å². The summed E-state index contributed by atoms with van der Waals surface area (Å²) in [6.45, 7) is 0. The molecule has 0 amide bonds. The average Bonchev–Trinajstić information content (AvgIpc) is 2.47. The number of H-pyrrole nitrogens is 2. The fraction of sp³-hybridized carbons (Fsp3) is 0. The molecule has 0 spiro atoms. The van der Waals surface area contributed by atoms with Crippen molar-refractivity contribution in [3.05, 3.63) is 37.3 Å². The van der Waals surface area contributed by atoms with Crippen molar-refractivity contribution in [3.63, 3.8) is 0 Å². The summed E-state index contributed by atoms with van der Waals surface area (Å²) in [6.07, 6.45) is 0.843. The molecule has 72 valence electrons. The van der Waals surface area contributed by atoms with Crippen LogP contribution in [0.4, 0.5) is 0 Å². The van der Waals surface area contributed by atoms with Crippen molar-refractivity contribution in [2.24, 2.45) is 0 Å². The van der Waals surface area contributed by atoms with E-state index in [-0.39, 0.29) is 11.2 Å². The molecule has 0 bridgehead atoms. The maximum absolute atomic E-state index is 11.1. The van der Waals surface area contributed by atoms with Gasteiger partial charge in [0.25, 0.3) is 5.56 Å². The lowest BCUT2D eigenvalue weighted by Gasteiger charge is -1.89. The van der Waals surface area contributed by atoms with Crippen molar-refractivity contribution in [2.75, 3.05) is 0 Å². The van der Waals surface area contributed by atoms with E-state index in [0.29, 0.717) is 4.68 Å². The van der Waals surface area contributed by atoms with Crippen LogP contribution >= 0.6 is 0 Å². The van der Waals surface area contributed by atoms with Crippen molar-refractivity contribution in [1.82, 2.24) is 19.6 Å². The van der Waals surface area contributed by atoms with Crippen LogP contribution in [0.25, 0.3) is 11.2 Å². The Kier molecular flexibility index (Phi) is 1.47. The molecule has 0 saturated heterocycles. The lowest BCUT2D eigenvalue weighted by atomic mass is 10.5. The van der Waals surface area contributed by atoms with Crippen LogP contribution in [-0.4, -0.2) is 24.7 Å². The Balaban J connectivity index is 3.00. The predicted octanol–water partition coefficient (Wildman–Crippen LogP) is -1.55. The van der Waals surface area contributed by atoms with Gasteiger partial charge in [-0.05, 0) is 4.68 Å². The minimum absolute atomic E-state index is 0.179. The zero-order valence-electron chi connectivity index (χ0n) is 6.55. The minimum atomic E-state index is -0.814. The number of hydrogen-bond donors (Lipinski definition) is 2. The van der Waals surface area contributed by atoms with Crippen molar-refractivity contribution < 1.29 is 5.03 Å². The van der Waals surface area contributed by atoms with E-state index in [2.05, 4.69) is 9.97 Å². The second-order valence-corrected chi connectivity index (χ2v) is 2.43. The van der Waals surface area contributed by atoms with Crippen LogP contribution < -0.4 is 11.2 Å². The molecule has 0 aromatic carbocycles. The Hall–Kier alpha value is -2.45. The van der Waals surface area contributed by atoms with Gasteiger partial charge < -0.3 is 0 Å². The highest BCUT2D eigenvalue weighted by Crippen LogP contribution is 2.00. The third-order valence-corrected chi connectivity index (χ3v) is 1.60. The van der Waals surface area contributed by atoms with E-state index < -0.39 is 16.3 Å². The van der Waals surface area contributed by atoms with E-state index in [4.69, 9.17) is 0 Å². The molecule has 0 unspecified atom stereocenters. The van der Waals surface area contributed by atoms with E-state index in [1.54, 1.807) is 0 Å². The smallest absolute Gasteiger partial charge is 0.287 e. The molecule has 2 rings (SSSR count). The first-order valence-corrected chi connectivity index (χ1v) is 3.44. The van der Waals surface area contributed by atoms with Gasteiger partial charge in [-0.15, -0.1) is 0 Å². The summed E-state index contributed by atoms with van der Waals surface area (Å²) in [4.78, 5) is 39.8. The van der Waals surface area contributed by atoms with Gasteiger partial charge in [0.05, 0.1) is 0 Å². The van der Waals surface area contributed by atoms with E-state index in [1.807, 2.05) is 4.98 Å². The van der Waals surface area contributed by atoms with Crippen LogP contribution in [0.1, 0.15) is 0 Å². The van der Waals surface area contributed by atoms with Gasteiger partial charge >= 0.3 is 5.69 Å². The molecule has 0 aliphatic carbocycles. The number of fused-ring (bicyclic) bond motifs is 1. The van der Waals surface area contributed by atoms with Crippen molar-refractivity contribution in [2.45, 2.75) is 0 Å². The lowest BCUT2D eigenvalue weighted by Crippen LogP contribution is -2.23. The van der Waals surface area contributed by atoms with Gasteiger partial charge in [-0.25, -0.2) is 19.9 Å². The summed E-state index contributed by atoms with van der Waals surface area (Å²) in [5.41, 5.74) is -1.99. The highest BCUT2D eigenvalue weighted by atomic mass is 16.7. The molecule has 0 aliphatic rings. The summed E-state index contributed by atoms with van der Waals surface area (Å²) >= 11 is 0. The first-order chi connectivity index (χ1) is 6.59. The number of nitrogens with zero attached hydrogens (tertiary/aromatic N) is 3. The van der Waals surface area contributed by atoms with E-state index >= 15 is 0 Å². The SMILES string of the molecule is O=c1[nH]c(=O)c2ncn([N+](=O)[O-])c2[nH]1. The molecule has 0 saturated carbocycles. The molecule has 2 aromatic heterocycles. The quantitative estimate of drug-likeness (QED) is 0.422. The molecular weight excluding hydrogens is 194 g/mol. The third-order valence-electron chi connectivity index (χ3n) is 1.60. The third kappa shape index (κ3) is 0.990. The molecule has 2 heterocycles. The van der Waals surface area contributed by atoms with Crippen molar-refractivity contribution in [1.29, 1.82) is 0 Å². The lowest BCUT2D eigenvalue weighted by molar-refractivity contribution is -0.538. The molecule has 2 aromatic rings. The van der Waals surface area contributed by atoms with Gasteiger partial charge in [0.15, 0.2) is 16.9 Å². The van der Waals surface area contributed by atoms with Gasteiger partial charge in [0.2, 0.25) is 5.65 Å². The second-order valence-electron chi connectivity index (χ2n) is 2.43. The second kappa shape index (κ2) is 2.52. The highest BCUT2D eigenvalue weighted by Gasteiger charge is 2.13. The fourth-order valence-electron chi connectivity index (χ4n) is 1.05. The topological polar surface area (TPSA) is 127 Å². The molecule has 14 heavy (non-hydrogen) atoms. The largest absolute Gasteiger partial charge is 0.327 e. The standard InChI is InChI=1S/C5H3N5O4/c11-4-2-3(7-5(12)8-4)9(1-6-2)10(13)14/h1H,(H2,7,8,11,12). The van der Waals surface area contributed by atoms with Crippen LogP contribution in [0.2, 0.25) is 0 Å². The van der Waals surface area contributed by atoms with E-state index in [9.17, 15) is 19.7 Å². The Morgan fingerprint density at radius 2 is 2.14 bits per heavy atom. The monoisotopic (exact) mass is 197 g/mol. The highest BCUT2D eigenvalue weighted by molar-refractivity contribution is 5.68. The molecule has 9 nitrogen and oxygen atoms in total. The summed E-state index contributed by atoms with van der Waals surface area (Å²) in [5.74, 6) is 0. The summed E-state index contributed by atoms with van der Waals surface area (Å²) in [5, 5.41) is 9.59. The summed E-state index contributed by atoms with van der Waals surface area (Å²) in [6, 6.07) is 0. The van der Waals surface area contributed by atoms with Gasteiger partial charge in [0, 0.05) is 0 Å². The van der Waals surface area contributed by atoms with Crippen LogP contribution in [0.3, 0.4) is 0 Å². The molecule has 9 heteroatoms. The number of hydrogen-bond acceptors (Lipinski definition) is 5. The molecule has 0 atom stereocenters. The van der Waals surface area contributed by atoms with Crippen LogP contribution in [-0.2, 0) is 0 Å². The number of imidazole rings is 1. The predicted molar refractivity (Wildman–Crippen MR) is 43.4 cm³/mol. The fourth-order valence-corrected chi connectivity index (χ4v) is 1.05. The Labute approximate surface area is 74.1 Å². The molecule has 0 aliphatic heterocycles. The van der Waals surface area contributed by atoms with Gasteiger partial charge in [-0.2, -0.15) is 0 Å². The van der Waals surface area contributed by atoms with Crippen LogP contribution in [0.5, 0.6) is 0 Å². The van der Waals surface area contributed by atoms with Crippen LogP contribution in [0.15, 0.2) is 15.9 Å². The maximum Gasteiger partial charge on any atom is 0.327 e. The number of aromatic amines is 2. The average molecular weight is 197 g/mol. The number of nitrogens with one attached hydrogen (secondary N) is 2. The first kappa shape index (κ1) is 8.16. The molecule has 2 N–H and O–H groups in total. The minimum Gasteiger partial charge on any atom is -0.287 e. The first-order valence-electron chi connectivity index (χ1n) is 3.44. The van der Waals surface area contributed by atoms with E-state index in [0.717, 1.165) is 6.33 Å². The Morgan fingerprint density at radius 3 is 2.79 bits per heavy atom. The Morgan fingerprint density at radius 1 is 1.43 bits per heavy atom. The molecule has 0 radical (unpaired) electrons. The number of aromatic nitrogens is 4. The number of nitro groups is 1. The zero-order valence-corrected chi connectivity index (χ0v) is 6.55. The van der Waals surface area contributed by atoms with E-state index in [1.165, 1.54) is 0 Å². The molecular formula is C5H3N5O4. The van der Waals surface area contributed by atoms with Gasteiger partial charge in [0.1, 0.15) is 0 Å². The normalized spacial score (nSPS) is 10.6. The summed E-state index contributed by atoms with van der Waals surface area (Å²) < 4.78 is 0.464. The van der Waals surface area contributed by atoms with Gasteiger partial charge in [-0.3, -0.25) is 14.8 Å².